The van der Waals surface area contributed by atoms with E-state index in [2.05, 4.69) is 21.1 Å². The van der Waals surface area contributed by atoms with E-state index in [0.717, 1.165) is 0 Å². The van der Waals surface area contributed by atoms with Crippen LogP contribution in [-0.2, 0) is 9.47 Å². The molecule has 0 amide bonds. The van der Waals surface area contributed by atoms with Crippen molar-refractivity contribution >= 4 is 23.3 Å². The summed E-state index contributed by atoms with van der Waals surface area (Å²) >= 11 is 0. The molecule has 13 heteroatoms. The highest BCUT2D eigenvalue weighted by atomic mass is 16.6. The van der Waals surface area contributed by atoms with Crippen LogP contribution in [0.5, 0.6) is 0 Å². The summed E-state index contributed by atoms with van der Waals surface area (Å²) in [6.45, 7) is -1.90. The summed E-state index contributed by atoms with van der Waals surface area (Å²) in [5.41, 5.74) is 6.96. The third kappa shape index (κ3) is 8.76. The van der Waals surface area contributed by atoms with Crippen LogP contribution in [0.25, 0.3) is 0 Å². The van der Waals surface area contributed by atoms with Crippen LogP contribution in [-0.4, -0.2) is 117 Å². The van der Waals surface area contributed by atoms with Crippen molar-refractivity contribution < 1.29 is 45.2 Å². The molecule has 0 saturated carbocycles. The largest absolute Gasteiger partial charge is 0.394 e. The van der Waals surface area contributed by atoms with Gasteiger partial charge in [0.25, 0.3) is 0 Å². The molecule has 0 unspecified atom stereocenters. The zero-order valence-electron chi connectivity index (χ0n) is 21.1. The highest BCUT2D eigenvalue weighted by molar-refractivity contribution is 6.32. The van der Waals surface area contributed by atoms with E-state index in [0.29, 0.717) is 11.4 Å². The molecule has 9 N–H and O–H groups in total. The molecule has 0 aliphatic carbocycles. The standard InChI is InChI=1S/C26H36N4O9/c31-12-20(33)18(14-38-15-22-25(36)26(37)24(35)21(13-32)39-22)23(34)19(30-29-17-9-5-2-6-10-17)11-27-28-16-7-3-1-4-8-16/h1-11,18,20-26,28-29,31-37H,12-15H2/t18-,20-,21+,22-,23+,24-,25-,26-/m0/s1. The van der Waals surface area contributed by atoms with Crippen LogP contribution >= 0.6 is 0 Å². The molecule has 3 rings (SSSR count). The van der Waals surface area contributed by atoms with Crippen molar-refractivity contribution in [2.75, 3.05) is 37.3 Å². The smallest absolute Gasteiger partial charge is 0.111 e. The number of hydrogen-bond donors (Lipinski definition) is 9. The first-order valence-corrected chi connectivity index (χ1v) is 12.4. The predicted octanol–water partition coefficient (Wildman–Crippen LogP) is -1.26. The summed E-state index contributed by atoms with van der Waals surface area (Å²) in [6, 6.07) is 18.0. The molecule has 214 valence electrons. The van der Waals surface area contributed by atoms with Gasteiger partial charge < -0.3 is 45.2 Å². The lowest BCUT2D eigenvalue weighted by atomic mass is 9.93. The Hall–Kier alpha value is -2.98. The minimum atomic E-state index is -1.56. The Morgan fingerprint density at radius 2 is 1.46 bits per heavy atom. The van der Waals surface area contributed by atoms with Crippen molar-refractivity contribution in [3.05, 3.63) is 60.7 Å². The lowest BCUT2D eigenvalue weighted by Gasteiger charge is -2.40. The van der Waals surface area contributed by atoms with Gasteiger partial charge in [-0.2, -0.15) is 10.2 Å². The van der Waals surface area contributed by atoms with E-state index >= 15 is 0 Å². The summed E-state index contributed by atoms with van der Waals surface area (Å²) in [5.74, 6) is -1.10. The maximum absolute atomic E-state index is 11.2. The second-order valence-corrected chi connectivity index (χ2v) is 9.01. The Balaban J connectivity index is 1.72. The topological polar surface area (TPSA) is 209 Å². The average molecular weight is 549 g/mol. The van der Waals surface area contributed by atoms with Gasteiger partial charge in [0.15, 0.2) is 0 Å². The summed E-state index contributed by atoms with van der Waals surface area (Å²) in [7, 11) is 0. The number of nitrogens with zero attached hydrogens (tertiary/aromatic N) is 2. The Kier molecular flexibility index (Phi) is 12.2. The molecule has 1 aliphatic heterocycles. The van der Waals surface area contributed by atoms with E-state index in [-0.39, 0.29) is 18.9 Å². The minimum absolute atomic E-state index is 0.0104. The molecule has 0 aromatic heterocycles. The molecule has 1 aliphatic rings. The zero-order valence-corrected chi connectivity index (χ0v) is 21.1. The van der Waals surface area contributed by atoms with Crippen LogP contribution in [0.4, 0.5) is 11.4 Å². The van der Waals surface area contributed by atoms with Crippen molar-refractivity contribution in [1.29, 1.82) is 0 Å². The first-order chi connectivity index (χ1) is 18.8. The quantitative estimate of drug-likeness (QED) is 0.101. The van der Waals surface area contributed by atoms with Gasteiger partial charge in [-0.3, -0.25) is 10.9 Å². The number of aliphatic hydroxyl groups excluding tert-OH is 7. The van der Waals surface area contributed by atoms with E-state index in [9.17, 15) is 35.7 Å². The van der Waals surface area contributed by atoms with E-state index in [1.807, 2.05) is 24.3 Å². The number of anilines is 2. The Bertz CT molecular complexity index is 1030. The summed E-state index contributed by atoms with van der Waals surface area (Å²) in [6.07, 6.45) is -8.41. The number of benzene rings is 2. The van der Waals surface area contributed by atoms with Crippen molar-refractivity contribution in [2.45, 2.75) is 42.7 Å². The first kappa shape index (κ1) is 30.6. The highest BCUT2D eigenvalue weighted by Crippen LogP contribution is 2.22. The molecule has 2 aromatic rings. The lowest BCUT2D eigenvalue weighted by molar-refractivity contribution is -0.240. The van der Waals surface area contributed by atoms with Crippen LogP contribution in [0.2, 0.25) is 0 Å². The lowest BCUT2D eigenvalue weighted by Crippen LogP contribution is -2.59. The monoisotopic (exact) mass is 548 g/mol. The van der Waals surface area contributed by atoms with Gasteiger partial charge in [0.05, 0.1) is 50.1 Å². The van der Waals surface area contributed by atoms with Gasteiger partial charge >= 0.3 is 0 Å². The van der Waals surface area contributed by atoms with Gasteiger partial charge in [-0.05, 0) is 24.3 Å². The van der Waals surface area contributed by atoms with Gasteiger partial charge in [-0.25, -0.2) is 0 Å². The second kappa shape index (κ2) is 15.6. The van der Waals surface area contributed by atoms with Crippen molar-refractivity contribution in [2.24, 2.45) is 16.1 Å². The number of nitrogens with one attached hydrogen (secondary N) is 2. The van der Waals surface area contributed by atoms with E-state index < -0.39 is 61.9 Å². The molecule has 0 bridgehead atoms. The fourth-order valence-corrected chi connectivity index (χ4v) is 3.90. The van der Waals surface area contributed by atoms with E-state index in [1.54, 1.807) is 36.4 Å². The SMILES string of the molecule is OC[C@H](O)[C@H](COC[C@@H]1O[C@H](CO)[C@H](O)[C@H](O)[C@H]1O)[C@@H](O)C(C=NNc1ccccc1)=NNc1ccccc1. The molecule has 1 saturated heterocycles. The normalized spacial score (nSPS) is 26.2. The van der Waals surface area contributed by atoms with E-state index in [4.69, 9.17) is 9.47 Å². The maximum Gasteiger partial charge on any atom is 0.111 e. The number of hydrogen-bond acceptors (Lipinski definition) is 13. The number of rotatable bonds is 14. The van der Waals surface area contributed by atoms with Gasteiger partial charge in [0, 0.05) is 5.92 Å². The highest BCUT2D eigenvalue weighted by Gasteiger charge is 2.43. The summed E-state index contributed by atoms with van der Waals surface area (Å²) in [4.78, 5) is 0. The number of aliphatic hydroxyl groups is 7. The van der Waals surface area contributed by atoms with Crippen LogP contribution in [0.1, 0.15) is 0 Å². The molecule has 0 radical (unpaired) electrons. The van der Waals surface area contributed by atoms with Gasteiger partial charge in [0.1, 0.15) is 42.3 Å². The Morgan fingerprint density at radius 1 is 0.872 bits per heavy atom. The van der Waals surface area contributed by atoms with Gasteiger partial charge in [-0.1, -0.05) is 36.4 Å². The van der Waals surface area contributed by atoms with Crippen molar-refractivity contribution in [3.63, 3.8) is 0 Å². The van der Waals surface area contributed by atoms with Crippen LogP contribution in [0, 0.1) is 5.92 Å². The zero-order chi connectivity index (χ0) is 28.2. The molecule has 13 nitrogen and oxygen atoms in total. The fourth-order valence-electron chi connectivity index (χ4n) is 3.90. The maximum atomic E-state index is 11.2. The van der Waals surface area contributed by atoms with Crippen LogP contribution in [0.15, 0.2) is 70.9 Å². The molecule has 1 fully saturated rings. The second-order valence-electron chi connectivity index (χ2n) is 9.01. The number of ether oxygens (including phenoxy) is 2. The van der Waals surface area contributed by atoms with Crippen LogP contribution in [0.3, 0.4) is 0 Å². The van der Waals surface area contributed by atoms with E-state index in [1.165, 1.54) is 6.21 Å². The number of hydrazone groups is 2. The fraction of sp³-hybridized carbons (Fsp3) is 0.462. The van der Waals surface area contributed by atoms with Gasteiger partial charge in [-0.15, -0.1) is 0 Å². The molecular formula is C26H36N4O9. The summed E-state index contributed by atoms with van der Waals surface area (Å²) < 4.78 is 11.0. The molecular weight excluding hydrogens is 512 g/mol. The van der Waals surface area contributed by atoms with Crippen molar-refractivity contribution in [3.8, 4) is 0 Å². The summed E-state index contributed by atoms with van der Waals surface area (Å²) in [5, 5.41) is 79.1. The number of para-hydroxylation sites is 2. The average Bonchev–Trinajstić information content (AvgIpc) is 2.97. The van der Waals surface area contributed by atoms with Crippen LogP contribution < -0.4 is 10.9 Å². The predicted molar refractivity (Wildman–Crippen MR) is 143 cm³/mol. The Morgan fingerprint density at radius 3 is 2.05 bits per heavy atom. The molecule has 2 aromatic carbocycles. The molecule has 1 heterocycles. The molecule has 39 heavy (non-hydrogen) atoms. The van der Waals surface area contributed by atoms with Crippen molar-refractivity contribution in [1.82, 2.24) is 0 Å². The third-order valence-electron chi connectivity index (χ3n) is 6.23. The minimum Gasteiger partial charge on any atom is -0.394 e. The third-order valence-corrected chi connectivity index (χ3v) is 6.23. The first-order valence-electron chi connectivity index (χ1n) is 12.4. The molecule has 0 spiro atoms. The van der Waals surface area contributed by atoms with Gasteiger partial charge in [0.2, 0.25) is 0 Å². The Labute approximate surface area is 225 Å². The molecule has 8 atom stereocenters.